The Morgan fingerprint density at radius 3 is 2.14 bits per heavy atom. The summed E-state index contributed by atoms with van der Waals surface area (Å²) in [7, 11) is 6.62. The van der Waals surface area contributed by atoms with Crippen LogP contribution in [0.25, 0.3) is 0 Å². The number of hydrogen-bond acceptors (Lipinski definition) is 4. The number of methoxy groups -OCH3 is 3. The van der Waals surface area contributed by atoms with Crippen molar-refractivity contribution in [3.63, 3.8) is 0 Å². The molecule has 0 unspecified atom stereocenters. The van der Waals surface area contributed by atoms with Crippen molar-refractivity contribution >= 4 is 5.69 Å². The Bertz CT molecular complexity index is 287. The van der Waals surface area contributed by atoms with Gasteiger partial charge in [-0.05, 0) is 0 Å². The molecule has 0 saturated heterocycles. The summed E-state index contributed by atoms with van der Waals surface area (Å²) >= 11 is 0. The second-order valence-electron chi connectivity index (χ2n) is 2.66. The molecule has 1 aromatic carbocycles. The molecule has 78 valence electrons. The number of rotatable bonds is 4. The molecule has 0 aromatic heterocycles. The van der Waals surface area contributed by atoms with Crippen LogP contribution >= 0.6 is 0 Å². The molecule has 1 rings (SSSR count). The highest BCUT2D eigenvalue weighted by Gasteiger charge is 2.11. The van der Waals surface area contributed by atoms with E-state index in [2.05, 4.69) is 5.32 Å². The summed E-state index contributed by atoms with van der Waals surface area (Å²) in [4.78, 5) is 0. The standard InChI is InChI=1S/C10H15NO3/c1-11-8-5-7(12-2)6-9(13-3)10(8)14-4/h5-6,11H,1-4H3. The van der Waals surface area contributed by atoms with E-state index in [4.69, 9.17) is 14.2 Å². The highest BCUT2D eigenvalue weighted by Crippen LogP contribution is 2.38. The zero-order chi connectivity index (χ0) is 10.6. The van der Waals surface area contributed by atoms with Crippen LogP contribution in [0.2, 0.25) is 0 Å². The fourth-order valence-electron chi connectivity index (χ4n) is 1.24. The predicted molar refractivity (Wildman–Crippen MR) is 55.6 cm³/mol. The number of nitrogens with one attached hydrogen (secondary N) is 1. The zero-order valence-corrected chi connectivity index (χ0v) is 8.88. The molecule has 0 fully saturated rings. The average Bonchev–Trinajstić information content (AvgIpc) is 2.26. The number of ether oxygens (including phenoxy) is 3. The second-order valence-corrected chi connectivity index (χ2v) is 2.66. The van der Waals surface area contributed by atoms with Crippen molar-refractivity contribution in [2.75, 3.05) is 33.7 Å². The van der Waals surface area contributed by atoms with Crippen molar-refractivity contribution in [1.29, 1.82) is 0 Å². The fourth-order valence-corrected chi connectivity index (χ4v) is 1.24. The normalized spacial score (nSPS) is 9.43. The van der Waals surface area contributed by atoms with Gasteiger partial charge in [-0.15, -0.1) is 0 Å². The molecule has 0 spiro atoms. The first-order valence-electron chi connectivity index (χ1n) is 4.24. The van der Waals surface area contributed by atoms with Crippen LogP contribution in [0.4, 0.5) is 5.69 Å². The van der Waals surface area contributed by atoms with E-state index in [1.807, 2.05) is 13.1 Å². The predicted octanol–water partition coefficient (Wildman–Crippen LogP) is 1.75. The largest absolute Gasteiger partial charge is 0.497 e. The van der Waals surface area contributed by atoms with Gasteiger partial charge in [0.05, 0.1) is 27.0 Å². The summed E-state index contributed by atoms with van der Waals surface area (Å²) in [6.07, 6.45) is 0. The van der Waals surface area contributed by atoms with Gasteiger partial charge in [0.25, 0.3) is 0 Å². The minimum Gasteiger partial charge on any atom is -0.497 e. The van der Waals surface area contributed by atoms with Gasteiger partial charge in [0, 0.05) is 19.2 Å². The second kappa shape index (κ2) is 4.60. The van der Waals surface area contributed by atoms with Crippen LogP contribution in [0.3, 0.4) is 0 Å². The van der Waals surface area contributed by atoms with E-state index >= 15 is 0 Å². The summed E-state index contributed by atoms with van der Waals surface area (Å²) in [5.74, 6) is 2.05. The lowest BCUT2D eigenvalue weighted by Crippen LogP contribution is -1.98. The van der Waals surface area contributed by atoms with Crippen molar-refractivity contribution in [2.45, 2.75) is 0 Å². The van der Waals surface area contributed by atoms with Crippen LogP contribution in [0.1, 0.15) is 0 Å². The van der Waals surface area contributed by atoms with E-state index in [0.29, 0.717) is 11.5 Å². The molecule has 4 heteroatoms. The van der Waals surface area contributed by atoms with Gasteiger partial charge in [-0.25, -0.2) is 0 Å². The van der Waals surface area contributed by atoms with Crippen molar-refractivity contribution in [1.82, 2.24) is 0 Å². The maximum Gasteiger partial charge on any atom is 0.184 e. The molecular formula is C10H15NO3. The Hall–Kier alpha value is -1.58. The number of benzene rings is 1. The Labute approximate surface area is 83.8 Å². The minimum atomic E-state index is 0.649. The van der Waals surface area contributed by atoms with Gasteiger partial charge >= 0.3 is 0 Å². The molecule has 0 radical (unpaired) electrons. The van der Waals surface area contributed by atoms with Gasteiger partial charge < -0.3 is 19.5 Å². The van der Waals surface area contributed by atoms with Crippen LogP contribution in [-0.4, -0.2) is 28.4 Å². The molecule has 4 nitrogen and oxygen atoms in total. The lowest BCUT2D eigenvalue weighted by atomic mass is 10.2. The van der Waals surface area contributed by atoms with Crippen LogP contribution < -0.4 is 19.5 Å². The molecule has 0 heterocycles. The maximum absolute atomic E-state index is 5.21. The summed E-state index contributed by atoms with van der Waals surface area (Å²) in [6, 6.07) is 3.63. The van der Waals surface area contributed by atoms with E-state index < -0.39 is 0 Å². The van der Waals surface area contributed by atoms with Gasteiger partial charge in [0.1, 0.15) is 5.75 Å². The van der Waals surface area contributed by atoms with Crippen molar-refractivity contribution < 1.29 is 14.2 Å². The van der Waals surface area contributed by atoms with E-state index in [-0.39, 0.29) is 0 Å². The molecule has 1 aromatic rings. The summed E-state index contributed by atoms with van der Waals surface area (Å²) < 4.78 is 15.5. The van der Waals surface area contributed by atoms with E-state index in [0.717, 1.165) is 11.4 Å². The van der Waals surface area contributed by atoms with Crippen molar-refractivity contribution in [2.24, 2.45) is 0 Å². The summed E-state index contributed by atoms with van der Waals surface area (Å²) in [5.41, 5.74) is 0.837. The van der Waals surface area contributed by atoms with Crippen LogP contribution in [-0.2, 0) is 0 Å². The van der Waals surface area contributed by atoms with E-state index in [9.17, 15) is 0 Å². The van der Waals surface area contributed by atoms with Gasteiger partial charge in [0.15, 0.2) is 11.5 Å². The van der Waals surface area contributed by atoms with Crippen LogP contribution in [0.15, 0.2) is 12.1 Å². The van der Waals surface area contributed by atoms with Gasteiger partial charge in [0.2, 0.25) is 0 Å². The van der Waals surface area contributed by atoms with Gasteiger partial charge in [-0.2, -0.15) is 0 Å². The molecule has 0 aliphatic carbocycles. The smallest absolute Gasteiger partial charge is 0.184 e. The average molecular weight is 197 g/mol. The van der Waals surface area contributed by atoms with E-state index in [1.165, 1.54) is 0 Å². The molecule has 0 atom stereocenters. The van der Waals surface area contributed by atoms with Crippen LogP contribution in [0, 0.1) is 0 Å². The summed E-state index contributed by atoms with van der Waals surface area (Å²) in [5, 5.41) is 3.01. The van der Waals surface area contributed by atoms with Crippen LogP contribution in [0.5, 0.6) is 17.2 Å². The Morgan fingerprint density at radius 2 is 1.71 bits per heavy atom. The maximum atomic E-state index is 5.21. The molecule has 1 N–H and O–H groups in total. The molecular weight excluding hydrogens is 182 g/mol. The highest BCUT2D eigenvalue weighted by atomic mass is 16.5. The third-order valence-corrected chi connectivity index (χ3v) is 1.96. The summed E-state index contributed by atoms with van der Waals surface area (Å²) in [6.45, 7) is 0. The SMILES string of the molecule is CNc1cc(OC)cc(OC)c1OC. The Kier molecular flexibility index (Phi) is 3.45. The molecule has 0 bridgehead atoms. The first-order valence-corrected chi connectivity index (χ1v) is 4.24. The first-order chi connectivity index (χ1) is 6.76. The van der Waals surface area contributed by atoms with Crippen molar-refractivity contribution in [3.05, 3.63) is 12.1 Å². The lowest BCUT2D eigenvalue weighted by molar-refractivity contribution is 0.350. The molecule has 0 amide bonds. The topological polar surface area (TPSA) is 39.7 Å². The lowest BCUT2D eigenvalue weighted by Gasteiger charge is -2.13. The molecule has 0 aliphatic heterocycles. The minimum absolute atomic E-state index is 0.649. The Morgan fingerprint density at radius 1 is 1.00 bits per heavy atom. The quantitative estimate of drug-likeness (QED) is 0.798. The van der Waals surface area contributed by atoms with E-state index in [1.54, 1.807) is 27.4 Å². The molecule has 14 heavy (non-hydrogen) atoms. The van der Waals surface area contributed by atoms with Crippen molar-refractivity contribution in [3.8, 4) is 17.2 Å². The third kappa shape index (κ3) is 1.84. The molecule has 0 aliphatic rings. The number of anilines is 1. The molecule has 0 saturated carbocycles. The van der Waals surface area contributed by atoms with Gasteiger partial charge in [-0.1, -0.05) is 0 Å². The first kappa shape index (κ1) is 10.5. The highest BCUT2D eigenvalue weighted by molar-refractivity contribution is 5.66. The zero-order valence-electron chi connectivity index (χ0n) is 8.88. The Balaban J connectivity index is 3.24. The van der Waals surface area contributed by atoms with Gasteiger partial charge in [-0.3, -0.25) is 0 Å². The third-order valence-electron chi connectivity index (χ3n) is 1.96. The monoisotopic (exact) mass is 197 g/mol. The number of hydrogen-bond donors (Lipinski definition) is 1. The fraction of sp³-hybridized carbons (Fsp3) is 0.400.